The van der Waals surface area contributed by atoms with Crippen LogP contribution >= 0.6 is 22.9 Å². The Hall–Kier alpha value is -1.72. The average molecular weight is 490 g/mol. The molecule has 31 heavy (non-hydrogen) atoms. The van der Waals surface area contributed by atoms with E-state index in [1.807, 2.05) is 11.8 Å². The lowest BCUT2D eigenvalue weighted by Crippen LogP contribution is -2.52. The molecule has 1 aromatic carbocycles. The van der Waals surface area contributed by atoms with Crippen molar-refractivity contribution in [3.05, 3.63) is 46.0 Å². The number of carbonyl (C=O) groups is 1. The van der Waals surface area contributed by atoms with Crippen LogP contribution in [0.2, 0.25) is 4.34 Å². The number of carbonyl (C=O) groups excluding carboxylic acids is 1. The molecule has 1 aromatic heterocycles. The molecule has 1 aliphatic rings. The number of thiophene rings is 1. The van der Waals surface area contributed by atoms with Gasteiger partial charge < -0.3 is 9.64 Å². The molecular weight excluding hydrogens is 465 g/mol. The van der Waals surface area contributed by atoms with Crippen molar-refractivity contribution < 1.29 is 22.3 Å². The van der Waals surface area contributed by atoms with E-state index in [-0.39, 0.29) is 35.5 Å². The first-order valence-corrected chi connectivity index (χ1v) is 12.5. The molecule has 0 saturated carbocycles. The minimum absolute atomic E-state index is 0.0768. The number of likely N-dealkylation sites (N-methyl/N-ethyl adjacent to an activating group) is 1. The number of amides is 1. The molecule has 3 rings (SSSR count). The fourth-order valence-electron chi connectivity index (χ4n) is 3.38. The molecule has 7 nitrogen and oxygen atoms in total. The van der Waals surface area contributed by atoms with E-state index in [2.05, 4.69) is 0 Å². The predicted molar refractivity (Wildman–Crippen MR) is 119 cm³/mol. The van der Waals surface area contributed by atoms with Gasteiger partial charge in [0.1, 0.15) is 4.21 Å². The van der Waals surface area contributed by atoms with Gasteiger partial charge in [-0.25, -0.2) is 12.8 Å². The van der Waals surface area contributed by atoms with Crippen LogP contribution in [0.1, 0.15) is 12.5 Å². The van der Waals surface area contributed by atoms with Crippen molar-refractivity contribution in [2.75, 3.05) is 46.4 Å². The van der Waals surface area contributed by atoms with Crippen LogP contribution in [0, 0.1) is 5.82 Å². The van der Waals surface area contributed by atoms with E-state index in [1.54, 1.807) is 23.1 Å². The highest BCUT2D eigenvalue weighted by Crippen LogP contribution is 2.28. The molecule has 11 heteroatoms. The van der Waals surface area contributed by atoms with Crippen molar-refractivity contribution >= 4 is 38.9 Å². The monoisotopic (exact) mass is 489 g/mol. The Morgan fingerprint density at radius 1 is 1.23 bits per heavy atom. The third-order valence-electron chi connectivity index (χ3n) is 5.16. The Morgan fingerprint density at radius 3 is 2.48 bits per heavy atom. The van der Waals surface area contributed by atoms with Gasteiger partial charge in [-0.15, -0.1) is 11.3 Å². The smallest absolute Gasteiger partial charge is 0.252 e. The SMILES string of the molecule is CCN(CC(=O)N1CCN(S(=O)(=O)c2ccc(Cl)s2)CC1)Cc1ccc(OC)c(F)c1. The van der Waals surface area contributed by atoms with E-state index in [0.29, 0.717) is 30.5 Å². The van der Waals surface area contributed by atoms with Gasteiger partial charge in [-0.2, -0.15) is 4.31 Å². The highest BCUT2D eigenvalue weighted by Gasteiger charge is 2.31. The Kier molecular flexibility index (Phi) is 7.92. The fraction of sp³-hybridized carbons (Fsp3) is 0.450. The number of rotatable bonds is 8. The minimum atomic E-state index is -3.60. The number of ether oxygens (including phenoxy) is 1. The number of hydrogen-bond acceptors (Lipinski definition) is 6. The molecule has 2 heterocycles. The van der Waals surface area contributed by atoms with Gasteiger partial charge >= 0.3 is 0 Å². The van der Waals surface area contributed by atoms with E-state index < -0.39 is 15.8 Å². The zero-order valence-electron chi connectivity index (χ0n) is 17.4. The quantitative estimate of drug-likeness (QED) is 0.570. The largest absolute Gasteiger partial charge is 0.494 e. The highest BCUT2D eigenvalue weighted by molar-refractivity contribution is 7.91. The fourth-order valence-corrected chi connectivity index (χ4v) is 6.44. The number of hydrogen-bond donors (Lipinski definition) is 0. The zero-order valence-corrected chi connectivity index (χ0v) is 19.8. The molecule has 0 N–H and O–H groups in total. The molecule has 0 aliphatic carbocycles. The van der Waals surface area contributed by atoms with Gasteiger partial charge in [0, 0.05) is 32.7 Å². The molecular formula is C20H25ClFN3O4S2. The number of methoxy groups -OCH3 is 1. The van der Waals surface area contributed by atoms with Crippen molar-refractivity contribution in [3.8, 4) is 5.75 Å². The van der Waals surface area contributed by atoms with Crippen LogP contribution < -0.4 is 4.74 Å². The van der Waals surface area contributed by atoms with Crippen molar-refractivity contribution in [2.24, 2.45) is 0 Å². The average Bonchev–Trinajstić information content (AvgIpc) is 3.20. The summed E-state index contributed by atoms with van der Waals surface area (Å²) < 4.78 is 46.3. The molecule has 1 aliphatic heterocycles. The maximum absolute atomic E-state index is 13.9. The van der Waals surface area contributed by atoms with Gasteiger partial charge in [-0.3, -0.25) is 9.69 Å². The molecule has 1 amide bonds. The second-order valence-corrected chi connectivity index (χ2v) is 11.0. The van der Waals surface area contributed by atoms with Crippen LogP contribution in [0.15, 0.2) is 34.5 Å². The van der Waals surface area contributed by atoms with Crippen LogP contribution in [0.5, 0.6) is 5.75 Å². The van der Waals surface area contributed by atoms with E-state index >= 15 is 0 Å². The van der Waals surface area contributed by atoms with Crippen molar-refractivity contribution in [3.63, 3.8) is 0 Å². The maximum Gasteiger partial charge on any atom is 0.252 e. The van der Waals surface area contributed by atoms with Gasteiger partial charge in [0.2, 0.25) is 5.91 Å². The second-order valence-electron chi connectivity index (χ2n) is 7.12. The first kappa shape index (κ1) is 23.9. The first-order valence-electron chi connectivity index (χ1n) is 9.82. The molecule has 2 aromatic rings. The Bertz CT molecular complexity index is 1020. The predicted octanol–water partition coefficient (Wildman–Crippen LogP) is 2.90. The van der Waals surface area contributed by atoms with E-state index in [4.69, 9.17) is 16.3 Å². The molecule has 1 fully saturated rings. The third kappa shape index (κ3) is 5.75. The summed E-state index contributed by atoms with van der Waals surface area (Å²) in [5.41, 5.74) is 0.749. The lowest BCUT2D eigenvalue weighted by molar-refractivity contribution is -0.133. The normalized spacial score (nSPS) is 15.5. The summed E-state index contributed by atoms with van der Waals surface area (Å²) in [6, 6.07) is 7.82. The second kappa shape index (κ2) is 10.3. The third-order valence-corrected chi connectivity index (χ3v) is 8.76. The summed E-state index contributed by atoms with van der Waals surface area (Å²) in [6.45, 7) is 4.28. The summed E-state index contributed by atoms with van der Waals surface area (Å²) in [5, 5.41) is 0. The van der Waals surface area contributed by atoms with Gasteiger partial charge in [0.15, 0.2) is 11.6 Å². The standard InChI is InChI=1S/C20H25ClFN3O4S2/c1-3-23(13-15-4-5-17(29-2)16(22)12-15)14-19(26)24-8-10-25(11-9-24)31(27,28)20-7-6-18(21)30-20/h4-7,12H,3,8-11,13-14H2,1-2H3. The van der Waals surface area contributed by atoms with E-state index in [1.165, 1.54) is 23.5 Å². The van der Waals surface area contributed by atoms with E-state index in [0.717, 1.165) is 16.9 Å². The van der Waals surface area contributed by atoms with Crippen LogP contribution in [0.4, 0.5) is 4.39 Å². The zero-order chi connectivity index (χ0) is 22.6. The van der Waals surface area contributed by atoms with E-state index in [9.17, 15) is 17.6 Å². The maximum atomic E-state index is 13.9. The van der Waals surface area contributed by atoms with Crippen molar-refractivity contribution in [1.82, 2.24) is 14.1 Å². The summed E-state index contributed by atoms with van der Waals surface area (Å²) in [7, 11) is -2.18. The lowest BCUT2D eigenvalue weighted by atomic mass is 10.2. The van der Waals surface area contributed by atoms with Gasteiger partial charge in [-0.05, 0) is 36.4 Å². The summed E-state index contributed by atoms with van der Waals surface area (Å²) in [4.78, 5) is 16.3. The first-order chi connectivity index (χ1) is 14.7. The molecule has 0 radical (unpaired) electrons. The lowest BCUT2D eigenvalue weighted by Gasteiger charge is -2.34. The minimum Gasteiger partial charge on any atom is -0.494 e. The van der Waals surface area contributed by atoms with Crippen LogP contribution in [-0.4, -0.2) is 74.8 Å². The van der Waals surface area contributed by atoms with Crippen molar-refractivity contribution in [2.45, 2.75) is 17.7 Å². The Morgan fingerprint density at radius 2 is 1.94 bits per heavy atom. The number of piperazine rings is 1. The number of nitrogens with zero attached hydrogens (tertiary/aromatic N) is 3. The van der Waals surface area contributed by atoms with Crippen molar-refractivity contribution in [1.29, 1.82) is 0 Å². The molecule has 0 unspecified atom stereocenters. The summed E-state index contributed by atoms with van der Waals surface area (Å²) >= 11 is 6.89. The van der Waals surface area contributed by atoms with Crippen LogP contribution in [-0.2, 0) is 21.4 Å². The molecule has 0 atom stereocenters. The highest BCUT2D eigenvalue weighted by atomic mass is 35.5. The molecule has 0 bridgehead atoms. The summed E-state index contributed by atoms with van der Waals surface area (Å²) in [6.07, 6.45) is 0. The van der Waals surface area contributed by atoms with Gasteiger partial charge in [0.25, 0.3) is 10.0 Å². The van der Waals surface area contributed by atoms with Crippen LogP contribution in [0.3, 0.4) is 0 Å². The van der Waals surface area contributed by atoms with Gasteiger partial charge in [0.05, 0.1) is 18.0 Å². The number of benzene rings is 1. The molecule has 1 saturated heterocycles. The topological polar surface area (TPSA) is 70.2 Å². The molecule has 170 valence electrons. The number of halogens is 2. The Labute approximate surface area is 191 Å². The van der Waals surface area contributed by atoms with Gasteiger partial charge in [-0.1, -0.05) is 24.6 Å². The Balaban J connectivity index is 1.55. The van der Waals surface area contributed by atoms with Crippen LogP contribution in [0.25, 0.3) is 0 Å². The number of sulfonamides is 1. The molecule has 0 spiro atoms. The summed E-state index contributed by atoms with van der Waals surface area (Å²) in [5.74, 6) is -0.334.